The van der Waals surface area contributed by atoms with E-state index in [1.807, 2.05) is 67.5 Å². The molecule has 0 spiro atoms. The molecule has 2 aromatic heterocycles. The third kappa shape index (κ3) is 3.85. The minimum Gasteiger partial charge on any atom is -0.336 e. The molecule has 0 radical (unpaired) electrons. The van der Waals surface area contributed by atoms with E-state index < -0.39 is 0 Å². The Morgan fingerprint density at radius 3 is 2.65 bits per heavy atom. The molecule has 6 heteroatoms. The Kier molecular flexibility index (Phi) is 5.21. The highest BCUT2D eigenvalue weighted by Gasteiger charge is 2.14. The van der Waals surface area contributed by atoms with Crippen molar-refractivity contribution in [1.82, 2.24) is 24.5 Å². The van der Waals surface area contributed by atoms with Gasteiger partial charge in [-0.15, -0.1) is 0 Å². The van der Waals surface area contributed by atoms with Crippen molar-refractivity contribution in [1.29, 1.82) is 0 Å². The van der Waals surface area contributed by atoms with E-state index in [-0.39, 0.29) is 5.91 Å². The van der Waals surface area contributed by atoms with Gasteiger partial charge in [0.1, 0.15) is 0 Å². The van der Waals surface area contributed by atoms with E-state index in [0.29, 0.717) is 18.7 Å². The first-order valence-corrected chi connectivity index (χ1v) is 8.84. The van der Waals surface area contributed by atoms with Gasteiger partial charge >= 0.3 is 0 Å². The van der Waals surface area contributed by atoms with Gasteiger partial charge in [-0.1, -0.05) is 12.1 Å². The lowest BCUT2D eigenvalue weighted by Gasteiger charge is -2.18. The summed E-state index contributed by atoms with van der Waals surface area (Å²) in [5.74, 6) is 0.00377. The molecule has 0 saturated heterocycles. The molecule has 0 N–H and O–H groups in total. The number of hydrogen-bond acceptors (Lipinski definition) is 3. The first kappa shape index (κ1) is 17.9. The fraction of sp³-hybridized carbons (Fsp3) is 0.350. The molecule has 6 nitrogen and oxygen atoms in total. The maximum absolute atomic E-state index is 12.8. The van der Waals surface area contributed by atoms with Crippen LogP contribution in [0.3, 0.4) is 0 Å². The largest absolute Gasteiger partial charge is 0.336 e. The van der Waals surface area contributed by atoms with Crippen LogP contribution < -0.4 is 0 Å². The molecule has 0 aliphatic heterocycles. The summed E-state index contributed by atoms with van der Waals surface area (Å²) in [6.07, 6.45) is 1.77. The molecule has 0 aliphatic rings. The van der Waals surface area contributed by atoms with E-state index in [9.17, 15) is 4.79 Å². The van der Waals surface area contributed by atoms with E-state index in [4.69, 9.17) is 0 Å². The Labute approximate surface area is 154 Å². The van der Waals surface area contributed by atoms with Crippen LogP contribution in [0.4, 0.5) is 0 Å². The molecular formula is C20H25N5O. The van der Waals surface area contributed by atoms with E-state index >= 15 is 0 Å². The van der Waals surface area contributed by atoms with Crippen LogP contribution in [-0.4, -0.2) is 37.4 Å². The van der Waals surface area contributed by atoms with Crippen LogP contribution in [0.2, 0.25) is 0 Å². The Morgan fingerprint density at radius 2 is 1.96 bits per heavy atom. The van der Waals surface area contributed by atoms with E-state index in [0.717, 1.165) is 29.2 Å². The predicted molar refractivity (Wildman–Crippen MR) is 101 cm³/mol. The number of benzene rings is 1. The number of carbonyl (C=O) groups is 1. The van der Waals surface area contributed by atoms with Crippen molar-refractivity contribution < 1.29 is 4.79 Å². The second-order valence-electron chi connectivity index (χ2n) is 6.58. The molecule has 136 valence electrons. The summed E-state index contributed by atoms with van der Waals surface area (Å²) in [5.41, 5.74) is 4.90. The lowest BCUT2D eigenvalue weighted by molar-refractivity contribution is 0.0781. The average Bonchev–Trinajstić information content (AvgIpc) is 3.20. The maximum Gasteiger partial charge on any atom is 0.253 e. The van der Waals surface area contributed by atoms with E-state index in [1.165, 1.54) is 0 Å². The number of aromatic nitrogens is 4. The first-order chi connectivity index (χ1) is 12.5. The van der Waals surface area contributed by atoms with Gasteiger partial charge < -0.3 is 4.90 Å². The Hall–Kier alpha value is -2.89. The van der Waals surface area contributed by atoms with E-state index in [1.54, 1.807) is 11.1 Å². The molecule has 0 atom stereocenters. The molecule has 0 saturated carbocycles. The van der Waals surface area contributed by atoms with Gasteiger partial charge in [0.25, 0.3) is 5.91 Å². The number of rotatable bonds is 6. The SMILES string of the molecule is CCn1nccc1CN(C)C(=O)c1cccc(Cn2nc(C)cc2C)c1. The molecule has 1 amide bonds. The fourth-order valence-electron chi connectivity index (χ4n) is 3.12. The highest BCUT2D eigenvalue weighted by atomic mass is 16.2. The van der Waals surface area contributed by atoms with Gasteiger partial charge in [0, 0.05) is 31.0 Å². The molecule has 26 heavy (non-hydrogen) atoms. The van der Waals surface area contributed by atoms with Crippen LogP contribution >= 0.6 is 0 Å². The summed E-state index contributed by atoms with van der Waals surface area (Å²) in [6.45, 7) is 8.06. The average molecular weight is 351 g/mol. The number of nitrogens with zero attached hydrogens (tertiary/aromatic N) is 5. The van der Waals surface area contributed by atoms with Crippen molar-refractivity contribution in [2.75, 3.05) is 7.05 Å². The van der Waals surface area contributed by atoms with Crippen LogP contribution in [-0.2, 0) is 19.6 Å². The van der Waals surface area contributed by atoms with Gasteiger partial charge in [0.15, 0.2) is 0 Å². The van der Waals surface area contributed by atoms with Gasteiger partial charge in [-0.2, -0.15) is 10.2 Å². The van der Waals surface area contributed by atoms with Crippen LogP contribution in [0, 0.1) is 13.8 Å². The normalized spacial score (nSPS) is 10.9. The fourth-order valence-corrected chi connectivity index (χ4v) is 3.12. The third-order valence-corrected chi connectivity index (χ3v) is 4.46. The van der Waals surface area contributed by atoms with Crippen LogP contribution in [0.5, 0.6) is 0 Å². The lowest BCUT2D eigenvalue weighted by Crippen LogP contribution is -2.27. The molecule has 0 bridgehead atoms. The van der Waals surface area contributed by atoms with E-state index in [2.05, 4.69) is 16.3 Å². The minimum absolute atomic E-state index is 0.00377. The Bertz CT molecular complexity index is 909. The molecule has 3 aromatic rings. The Balaban J connectivity index is 1.74. The first-order valence-electron chi connectivity index (χ1n) is 8.84. The topological polar surface area (TPSA) is 56.0 Å². The third-order valence-electron chi connectivity index (χ3n) is 4.46. The lowest BCUT2D eigenvalue weighted by atomic mass is 10.1. The summed E-state index contributed by atoms with van der Waals surface area (Å²) >= 11 is 0. The van der Waals surface area contributed by atoms with Crippen molar-refractivity contribution in [3.63, 3.8) is 0 Å². The number of aryl methyl sites for hydroxylation is 3. The zero-order valence-electron chi connectivity index (χ0n) is 15.8. The molecule has 0 aliphatic carbocycles. The molecule has 3 rings (SSSR count). The molecule has 0 fully saturated rings. The smallest absolute Gasteiger partial charge is 0.253 e. The summed E-state index contributed by atoms with van der Waals surface area (Å²) in [6, 6.07) is 11.8. The number of hydrogen-bond donors (Lipinski definition) is 0. The van der Waals surface area contributed by atoms with Crippen molar-refractivity contribution in [3.8, 4) is 0 Å². The van der Waals surface area contributed by atoms with Gasteiger partial charge in [-0.3, -0.25) is 14.2 Å². The van der Waals surface area contributed by atoms with Gasteiger partial charge in [0.2, 0.25) is 0 Å². The summed E-state index contributed by atoms with van der Waals surface area (Å²) in [4.78, 5) is 14.5. The monoisotopic (exact) mass is 351 g/mol. The van der Waals surface area contributed by atoms with Crippen molar-refractivity contribution in [2.24, 2.45) is 0 Å². The van der Waals surface area contributed by atoms with Crippen molar-refractivity contribution in [3.05, 3.63) is 70.8 Å². The van der Waals surface area contributed by atoms with Crippen LogP contribution in [0.15, 0.2) is 42.6 Å². The van der Waals surface area contributed by atoms with Crippen molar-refractivity contribution in [2.45, 2.75) is 40.4 Å². The second-order valence-corrected chi connectivity index (χ2v) is 6.58. The molecule has 1 aromatic carbocycles. The van der Waals surface area contributed by atoms with Gasteiger partial charge in [0.05, 0.1) is 24.5 Å². The highest BCUT2D eigenvalue weighted by Crippen LogP contribution is 2.13. The molecule has 0 unspecified atom stereocenters. The minimum atomic E-state index is 0.00377. The van der Waals surface area contributed by atoms with Crippen molar-refractivity contribution >= 4 is 5.91 Å². The summed E-state index contributed by atoms with van der Waals surface area (Å²) in [7, 11) is 1.82. The highest BCUT2D eigenvalue weighted by molar-refractivity contribution is 5.94. The molecule has 2 heterocycles. The van der Waals surface area contributed by atoms with Gasteiger partial charge in [-0.25, -0.2) is 0 Å². The van der Waals surface area contributed by atoms with Crippen LogP contribution in [0.25, 0.3) is 0 Å². The zero-order valence-corrected chi connectivity index (χ0v) is 15.8. The summed E-state index contributed by atoms with van der Waals surface area (Å²) < 4.78 is 3.87. The Morgan fingerprint density at radius 1 is 1.15 bits per heavy atom. The zero-order chi connectivity index (χ0) is 18.7. The molecular weight excluding hydrogens is 326 g/mol. The predicted octanol–water partition coefficient (Wildman–Crippen LogP) is 3.04. The quantitative estimate of drug-likeness (QED) is 0.686. The number of carbonyl (C=O) groups excluding carboxylic acids is 1. The van der Waals surface area contributed by atoms with Gasteiger partial charge in [-0.05, 0) is 50.6 Å². The van der Waals surface area contributed by atoms with Crippen LogP contribution in [0.1, 0.15) is 39.9 Å². The second kappa shape index (κ2) is 7.56. The number of amides is 1. The standard InChI is InChI=1S/C20H25N5O/c1-5-24-19(9-10-21-24)14-23(4)20(26)18-8-6-7-17(12-18)13-25-16(3)11-15(2)22-25/h6-12H,5,13-14H2,1-4H3. The maximum atomic E-state index is 12.8. The summed E-state index contributed by atoms with van der Waals surface area (Å²) in [5, 5.41) is 8.76.